The van der Waals surface area contributed by atoms with Gasteiger partial charge in [0.25, 0.3) is 0 Å². The maximum absolute atomic E-state index is 5.10. The van der Waals surface area contributed by atoms with Crippen LogP contribution in [0.25, 0.3) is 0 Å². The van der Waals surface area contributed by atoms with E-state index in [9.17, 15) is 0 Å². The molecule has 0 saturated heterocycles. The monoisotopic (exact) mass is 165 g/mol. The van der Waals surface area contributed by atoms with Gasteiger partial charge >= 0.3 is 0 Å². The summed E-state index contributed by atoms with van der Waals surface area (Å²) >= 11 is 1.69. The Balaban J connectivity index is 2.14. The van der Waals surface area contributed by atoms with Crippen molar-refractivity contribution < 1.29 is 4.42 Å². The molecule has 0 bridgehead atoms. The fourth-order valence-electron chi connectivity index (χ4n) is 0.908. The fraction of sp³-hybridized carbons (Fsp3) is 0.125. The topological polar surface area (TPSA) is 26.0 Å². The number of hydrogen-bond acceptors (Lipinski definition) is 3. The van der Waals surface area contributed by atoms with Crippen LogP contribution in [0.3, 0.4) is 0 Å². The summed E-state index contributed by atoms with van der Waals surface area (Å²) in [5, 5.41) is 4.16. The lowest BCUT2D eigenvalue weighted by Gasteiger charge is -1.88. The lowest BCUT2D eigenvalue weighted by Crippen LogP contribution is -1.83. The summed E-state index contributed by atoms with van der Waals surface area (Å²) in [5.74, 6) is 0.781. The number of nitrogens with zero attached hydrogens (tertiary/aromatic N) is 1. The molecule has 2 nitrogen and oxygen atoms in total. The third-order valence-corrected chi connectivity index (χ3v) is 2.15. The standard InChI is InChI=1S/C8H7NOS/c1-4-11-6-7(1)5-8-9-2-3-10-8/h1-4,6H,5H2. The van der Waals surface area contributed by atoms with Crippen LogP contribution in [0.1, 0.15) is 11.5 Å². The van der Waals surface area contributed by atoms with Gasteiger partial charge in [-0.25, -0.2) is 4.98 Å². The number of rotatable bonds is 2. The molecule has 2 rings (SSSR count). The molecule has 56 valence electrons. The predicted octanol–water partition coefficient (Wildman–Crippen LogP) is 2.33. The van der Waals surface area contributed by atoms with E-state index in [0.717, 1.165) is 12.3 Å². The molecule has 2 aromatic rings. The van der Waals surface area contributed by atoms with Gasteiger partial charge in [-0.3, -0.25) is 0 Å². The van der Waals surface area contributed by atoms with Gasteiger partial charge < -0.3 is 4.42 Å². The maximum Gasteiger partial charge on any atom is 0.198 e. The van der Waals surface area contributed by atoms with Crippen LogP contribution < -0.4 is 0 Å². The van der Waals surface area contributed by atoms with Crippen molar-refractivity contribution in [2.75, 3.05) is 0 Å². The van der Waals surface area contributed by atoms with Gasteiger partial charge in [-0.2, -0.15) is 11.3 Å². The maximum atomic E-state index is 5.10. The molecule has 0 saturated carbocycles. The minimum Gasteiger partial charge on any atom is -0.449 e. The van der Waals surface area contributed by atoms with Gasteiger partial charge in [0.2, 0.25) is 0 Å². The molecule has 0 atom stereocenters. The molecule has 0 radical (unpaired) electrons. The Kier molecular flexibility index (Phi) is 1.73. The van der Waals surface area contributed by atoms with E-state index >= 15 is 0 Å². The first kappa shape index (κ1) is 6.61. The molecule has 0 amide bonds. The van der Waals surface area contributed by atoms with Gasteiger partial charge in [-0.05, 0) is 22.4 Å². The highest BCUT2D eigenvalue weighted by Crippen LogP contribution is 2.10. The largest absolute Gasteiger partial charge is 0.449 e. The number of oxazole rings is 1. The van der Waals surface area contributed by atoms with Crippen LogP contribution in [-0.4, -0.2) is 4.98 Å². The summed E-state index contributed by atoms with van der Waals surface area (Å²) in [6.07, 6.45) is 4.07. The van der Waals surface area contributed by atoms with E-state index in [2.05, 4.69) is 21.8 Å². The quantitative estimate of drug-likeness (QED) is 0.682. The molecule has 3 heteroatoms. The Labute approximate surface area is 68.5 Å². The lowest BCUT2D eigenvalue weighted by atomic mass is 10.2. The van der Waals surface area contributed by atoms with E-state index in [0.29, 0.717) is 0 Å². The van der Waals surface area contributed by atoms with Crippen LogP contribution in [0.2, 0.25) is 0 Å². The zero-order valence-electron chi connectivity index (χ0n) is 5.86. The van der Waals surface area contributed by atoms with E-state index in [4.69, 9.17) is 4.42 Å². The minimum atomic E-state index is 0.781. The van der Waals surface area contributed by atoms with Crippen molar-refractivity contribution in [3.63, 3.8) is 0 Å². The molecule has 0 fully saturated rings. The van der Waals surface area contributed by atoms with E-state index in [1.807, 2.05) is 0 Å². The molecule has 0 aliphatic carbocycles. The van der Waals surface area contributed by atoms with Crippen molar-refractivity contribution in [3.8, 4) is 0 Å². The molecular formula is C8H7NOS. The van der Waals surface area contributed by atoms with Crippen LogP contribution in [-0.2, 0) is 6.42 Å². The first-order chi connectivity index (χ1) is 5.45. The van der Waals surface area contributed by atoms with Crippen molar-refractivity contribution >= 4 is 11.3 Å². The first-order valence-corrected chi connectivity index (χ1v) is 4.29. The minimum absolute atomic E-state index is 0.781. The summed E-state index contributed by atoms with van der Waals surface area (Å²) in [4.78, 5) is 4.03. The molecule has 0 aliphatic rings. The van der Waals surface area contributed by atoms with Crippen molar-refractivity contribution in [1.82, 2.24) is 4.98 Å². The average molecular weight is 165 g/mol. The van der Waals surface area contributed by atoms with E-state index in [1.165, 1.54) is 5.56 Å². The Morgan fingerprint density at radius 1 is 1.55 bits per heavy atom. The molecule has 0 N–H and O–H groups in total. The van der Waals surface area contributed by atoms with Crippen molar-refractivity contribution in [2.45, 2.75) is 6.42 Å². The van der Waals surface area contributed by atoms with Gasteiger partial charge in [-0.1, -0.05) is 0 Å². The molecule has 2 heterocycles. The highest BCUT2D eigenvalue weighted by Gasteiger charge is 1.98. The Hall–Kier alpha value is -1.09. The van der Waals surface area contributed by atoms with Crippen LogP contribution >= 0.6 is 11.3 Å². The SMILES string of the molecule is c1coc(Cc2ccsc2)n1. The van der Waals surface area contributed by atoms with E-state index in [-0.39, 0.29) is 0 Å². The van der Waals surface area contributed by atoms with Crippen LogP contribution in [0.5, 0.6) is 0 Å². The Morgan fingerprint density at radius 2 is 2.55 bits per heavy atom. The van der Waals surface area contributed by atoms with Crippen molar-refractivity contribution in [3.05, 3.63) is 40.7 Å². The molecule has 11 heavy (non-hydrogen) atoms. The van der Waals surface area contributed by atoms with E-state index in [1.54, 1.807) is 23.8 Å². The highest BCUT2D eigenvalue weighted by molar-refractivity contribution is 7.07. The Morgan fingerprint density at radius 3 is 3.18 bits per heavy atom. The molecule has 0 aromatic carbocycles. The smallest absolute Gasteiger partial charge is 0.198 e. The van der Waals surface area contributed by atoms with Gasteiger partial charge in [0.15, 0.2) is 5.89 Å². The van der Waals surface area contributed by atoms with Gasteiger partial charge in [0.1, 0.15) is 6.26 Å². The molecular weight excluding hydrogens is 158 g/mol. The first-order valence-electron chi connectivity index (χ1n) is 3.34. The van der Waals surface area contributed by atoms with E-state index < -0.39 is 0 Å². The van der Waals surface area contributed by atoms with Crippen LogP contribution in [0.15, 0.2) is 33.7 Å². The summed E-state index contributed by atoms with van der Waals surface area (Å²) in [7, 11) is 0. The molecule has 2 aromatic heterocycles. The zero-order valence-corrected chi connectivity index (χ0v) is 6.67. The average Bonchev–Trinajstić information content (AvgIpc) is 2.60. The second kappa shape index (κ2) is 2.88. The van der Waals surface area contributed by atoms with Gasteiger partial charge in [0, 0.05) is 0 Å². The highest BCUT2D eigenvalue weighted by atomic mass is 32.1. The molecule has 0 aliphatic heterocycles. The summed E-state index contributed by atoms with van der Waals surface area (Å²) < 4.78 is 5.10. The van der Waals surface area contributed by atoms with Gasteiger partial charge in [-0.15, -0.1) is 0 Å². The summed E-state index contributed by atoms with van der Waals surface area (Å²) in [5.41, 5.74) is 1.26. The normalized spacial score (nSPS) is 10.2. The number of aromatic nitrogens is 1. The zero-order chi connectivity index (χ0) is 7.52. The Bertz CT molecular complexity index is 266. The van der Waals surface area contributed by atoms with Crippen LogP contribution in [0.4, 0.5) is 0 Å². The van der Waals surface area contributed by atoms with Crippen molar-refractivity contribution in [1.29, 1.82) is 0 Å². The third-order valence-electron chi connectivity index (χ3n) is 1.42. The second-order valence-corrected chi connectivity index (χ2v) is 3.01. The lowest BCUT2D eigenvalue weighted by molar-refractivity contribution is 0.507. The summed E-state index contributed by atoms with van der Waals surface area (Å²) in [6.45, 7) is 0. The fourth-order valence-corrected chi connectivity index (χ4v) is 1.58. The molecule has 0 spiro atoms. The number of hydrogen-bond donors (Lipinski definition) is 0. The van der Waals surface area contributed by atoms with Crippen LogP contribution in [0, 0.1) is 0 Å². The molecule has 0 unspecified atom stereocenters. The third kappa shape index (κ3) is 1.49. The number of thiophene rings is 1. The van der Waals surface area contributed by atoms with Crippen molar-refractivity contribution in [2.24, 2.45) is 0 Å². The predicted molar refractivity (Wildman–Crippen MR) is 43.6 cm³/mol. The second-order valence-electron chi connectivity index (χ2n) is 2.23. The van der Waals surface area contributed by atoms with Gasteiger partial charge in [0.05, 0.1) is 12.6 Å². The summed E-state index contributed by atoms with van der Waals surface area (Å²) in [6, 6.07) is 2.08.